The van der Waals surface area contributed by atoms with E-state index < -0.39 is 41.2 Å². The number of benzene rings is 2. The fraction of sp³-hybridized carbons (Fsp3) is 0.0769. The van der Waals surface area contributed by atoms with Gasteiger partial charge in [-0.3, -0.25) is 0 Å². The second-order valence-electron chi connectivity index (χ2n) is 3.99. The van der Waals surface area contributed by atoms with Gasteiger partial charge in [-0.15, -0.1) is 0 Å². The van der Waals surface area contributed by atoms with E-state index in [9.17, 15) is 22.0 Å². The molecular formula is C13H9F5N2. The molecule has 0 aromatic heterocycles. The molecule has 2 aromatic carbocycles. The van der Waals surface area contributed by atoms with E-state index in [0.29, 0.717) is 5.69 Å². The third-order valence-electron chi connectivity index (χ3n) is 2.72. The Bertz CT molecular complexity index is 628. The molecule has 2 aromatic rings. The minimum Gasteiger partial charge on any atom is -0.397 e. The molecule has 0 aliphatic heterocycles. The van der Waals surface area contributed by atoms with Crippen LogP contribution in [0.2, 0.25) is 0 Å². The van der Waals surface area contributed by atoms with Crippen LogP contribution in [0.5, 0.6) is 0 Å². The number of para-hydroxylation sites is 2. The first kappa shape index (κ1) is 14.1. The van der Waals surface area contributed by atoms with Gasteiger partial charge in [-0.2, -0.15) is 0 Å². The SMILES string of the molecule is Nc1ccccc1NCc1c(F)c(F)c(F)c(F)c1F. The van der Waals surface area contributed by atoms with Gasteiger partial charge >= 0.3 is 0 Å². The molecule has 0 unspecified atom stereocenters. The van der Waals surface area contributed by atoms with Crippen molar-refractivity contribution in [3.63, 3.8) is 0 Å². The maximum atomic E-state index is 13.4. The summed E-state index contributed by atoms with van der Waals surface area (Å²) in [6, 6.07) is 6.29. The number of hydrogen-bond acceptors (Lipinski definition) is 2. The number of anilines is 2. The van der Waals surface area contributed by atoms with Crippen LogP contribution in [-0.2, 0) is 6.54 Å². The Morgan fingerprint density at radius 2 is 1.30 bits per heavy atom. The molecule has 0 fully saturated rings. The first-order valence-corrected chi connectivity index (χ1v) is 5.52. The molecule has 0 saturated heterocycles. The third-order valence-corrected chi connectivity index (χ3v) is 2.72. The molecule has 0 bridgehead atoms. The van der Waals surface area contributed by atoms with Crippen LogP contribution >= 0.6 is 0 Å². The van der Waals surface area contributed by atoms with Crippen LogP contribution in [0.1, 0.15) is 5.56 Å². The topological polar surface area (TPSA) is 38.0 Å². The second kappa shape index (κ2) is 5.36. The molecule has 0 radical (unpaired) electrons. The minimum absolute atomic E-state index is 0.288. The van der Waals surface area contributed by atoms with E-state index in [1.54, 1.807) is 12.1 Å². The zero-order valence-electron chi connectivity index (χ0n) is 9.98. The first-order chi connectivity index (χ1) is 9.43. The standard InChI is InChI=1S/C13H9F5N2/c14-9-6(10(15)12(17)13(18)11(9)16)5-20-8-4-2-1-3-7(8)19/h1-4,20H,5,19H2. The van der Waals surface area contributed by atoms with Gasteiger partial charge in [0.25, 0.3) is 0 Å². The van der Waals surface area contributed by atoms with Crippen molar-refractivity contribution in [2.75, 3.05) is 11.1 Å². The summed E-state index contributed by atoms with van der Waals surface area (Å²) in [5.74, 6) is -9.83. The van der Waals surface area contributed by atoms with Gasteiger partial charge in [-0.1, -0.05) is 12.1 Å². The molecule has 0 atom stereocenters. The highest BCUT2D eigenvalue weighted by atomic mass is 19.2. The number of halogens is 5. The Kier molecular flexibility index (Phi) is 3.78. The highest BCUT2D eigenvalue weighted by Crippen LogP contribution is 2.25. The predicted molar refractivity (Wildman–Crippen MR) is 64.4 cm³/mol. The number of nitrogens with two attached hydrogens (primary N) is 1. The van der Waals surface area contributed by atoms with Crippen LogP contribution in [0, 0.1) is 29.1 Å². The fourth-order valence-electron chi connectivity index (χ4n) is 1.65. The van der Waals surface area contributed by atoms with Crippen molar-refractivity contribution in [3.05, 3.63) is 58.9 Å². The van der Waals surface area contributed by atoms with Crippen molar-refractivity contribution in [1.82, 2.24) is 0 Å². The highest BCUT2D eigenvalue weighted by Gasteiger charge is 2.25. The summed E-state index contributed by atoms with van der Waals surface area (Å²) in [4.78, 5) is 0. The van der Waals surface area contributed by atoms with Crippen molar-refractivity contribution in [2.45, 2.75) is 6.54 Å². The molecule has 20 heavy (non-hydrogen) atoms. The van der Waals surface area contributed by atoms with Gasteiger partial charge in [-0.05, 0) is 12.1 Å². The summed E-state index contributed by atoms with van der Waals surface area (Å²) in [5.41, 5.74) is 5.26. The van der Waals surface area contributed by atoms with Gasteiger partial charge in [0.15, 0.2) is 23.3 Å². The lowest BCUT2D eigenvalue weighted by Crippen LogP contribution is -2.11. The lowest BCUT2D eigenvalue weighted by atomic mass is 10.1. The molecule has 0 saturated carbocycles. The summed E-state index contributed by atoms with van der Waals surface area (Å²) in [5, 5.41) is 2.52. The highest BCUT2D eigenvalue weighted by molar-refractivity contribution is 5.65. The van der Waals surface area contributed by atoms with E-state index in [-0.39, 0.29) is 5.69 Å². The summed E-state index contributed by atoms with van der Waals surface area (Å²) < 4.78 is 65.7. The van der Waals surface area contributed by atoms with Gasteiger partial charge in [-0.25, -0.2) is 22.0 Å². The van der Waals surface area contributed by atoms with Gasteiger partial charge in [0.05, 0.1) is 11.4 Å². The van der Waals surface area contributed by atoms with E-state index in [4.69, 9.17) is 5.73 Å². The molecule has 7 heteroatoms. The van der Waals surface area contributed by atoms with Crippen LogP contribution in [-0.4, -0.2) is 0 Å². The molecule has 0 aliphatic carbocycles. The number of hydrogen-bond donors (Lipinski definition) is 2. The molecule has 0 amide bonds. The Hall–Kier alpha value is -2.31. The van der Waals surface area contributed by atoms with Gasteiger partial charge in [0, 0.05) is 12.1 Å². The second-order valence-corrected chi connectivity index (χ2v) is 3.99. The lowest BCUT2D eigenvalue weighted by Gasteiger charge is -2.11. The number of rotatable bonds is 3. The van der Waals surface area contributed by atoms with Gasteiger partial charge in [0.1, 0.15) is 0 Å². The average molecular weight is 288 g/mol. The van der Waals surface area contributed by atoms with E-state index in [1.165, 1.54) is 12.1 Å². The normalized spacial score (nSPS) is 10.7. The Balaban J connectivity index is 2.33. The Labute approximate surface area is 111 Å². The Morgan fingerprint density at radius 3 is 1.85 bits per heavy atom. The van der Waals surface area contributed by atoms with E-state index >= 15 is 0 Å². The first-order valence-electron chi connectivity index (χ1n) is 5.52. The lowest BCUT2D eigenvalue weighted by molar-refractivity contribution is 0.371. The molecule has 2 nitrogen and oxygen atoms in total. The zero-order valence-corrected chi connectivity index (χ0v) is 9.98. The van der Waals surface area contributed by atoms with E-state index in [2.05, 4.69) is 5.32 Å². The molecule has 0 aliphatic rings. The quantitative estimate of drug-likeness (QED) is 0.392. The molecule has 0 spiro atoms. The summed E-state index contributed by atoms with van der Waals surface area (Å²) in [6.07, 6.45) is 0. The molecular weight excluding hydrogens is 279 g/mol. The third kappa shape index (κ3) is 2.38. The van der Waals surface area contributed by atoms with Crippen LogP contribution in [0.25, 0.3) is 0 Å². The average Bonchev–Trinajstić information content (AvgIpc) is 2.45. The number of nitrogen functional groups attached to an aromatic ring is 1. The van der Waals surface area contributed by atoms with Gasteiger partial charge < -0.3 is 11.1 Å². The number of nitrogens with one attached hydrogen (secondary N) is 1. The Morgan fingerprint density at radius 1 is 0.800 bits per heavy atom. The van der Waals surface area contributed by atoms with E-state index in [1.807, 2.05) is 0 Å². The molecule has 3 N–H and O–H groups in total. The fourth-order valence-corrected chi connectivity index (χ4v) is 1.65. The van der Waals surface area contributed by atoms with Crippen molar-refractivity contribution in [1.29, 1.82) is 0 Å². The van der Waals surface area contributed by atoms with Crippen LogP contribution in [0.3, 0.4) is 0 Å². The van der Waals surface area contributed by atoms with Crippen molar-refractivity contribution < 1.29 is 22.0 Å². The summed E-state index contributed by atoms with van der Waals surface area (Å²) >= 11 is 0. The summed E-state index contributed by atoms with van der Waals surface area (Å²) in [6.45, 7) is -0.583. The van der Waals surface area contributed by atoms with Gasteiger partial charge in [0.2, 0.25) is 5.82 Å². The molecule has 2 rings (SSSR count). The maximum absolute atomic E-state index is 13.4. The largest absolute Gasteiger partial charge is 0.397 e. The van der Waals surface area contributed by atoms with Crippen LogP contribution in [0.4, 0.5) is 33.3 Å². The maximum Gasteiger partial charge on any atom is 0.200 e. The van der Waals surface area contributed by atoms with Crippen molar-refractivity contribution in [3.8, 4) is 0 Å². The predicted octanol–water partition coefficient (Wildman–Crippen LogP) is 3.58. The molecule has 0 heterocycles. The monoisotopic (exact) mass is 288 g/mol. The summed E-state index contributed by atoms with van der Waals surface area (Å²) in [7, 11) is 0. The van der Waals surface area contributed by atoms with Crippen molar-refractivity contribution in [2.24, 2.45) is 0 Å². The molecule has 106 valence electrons. The smallest absolute Gasteiger partial charge is 0.200 e. The van der Waals surface area contributed by atoms with Crippen molar-refractivity contribution >= 4 is 11.4 Å². The zero-order chi connectivity index (χ0) is 14.9. The van der Waals surface area contributed by atoms with Crippen LogP contribution in [0.15, 0.2) is 24.3 Å². The van der Waals surface area contributed by atoms with E-state index in [0.717, 1.165) is 0 Å². The van der Waals surface area contributed by atoms with Crippen LogP contribution < -0.4 is 11.1 Å². The minimum atomic E-state index is -2.18.